The Bertz CT molecular complexity index is 1940. The molecule has 0 radical (unpaired) electrons. The number of hydrogen-bond donors (Lipinski definition) is 2. The molecule has 0 unspecified atom stereocenters. The molecule has 1 fully saturated rings. The number of H-pyrrole nitrogens is 1. The highest BCUT2D eigenvalue weighted by Gasteiger charge is 2.24. The Kier molecular flexibility index (Phi) is 10.5. The highest BCUT2D eigenvalue weighted by molar-refractivity contribution is 7.90. The van der Waals surface area contributed by atoms with Crippen LogP contribution < -0.4 is 20.5 Å². The lowest BCUT2D eigenvalue weighted by atomic mass is 9.98. The van der Waals surface area contributed by atoms with E-state index < -0.39 is 15.9 Å². The number of unbranched alkanes of at least 4 members (excludes halogenated alkanes) is 3. The zero-order valence-corrected chi connectivity index (χ0v) is 28.5. The van der Waals surface area contributed by atoms with Crippen LogP contribution in [0.1, 0.15) is 52.9 Å². The van der Waals surface area contributed by atoms with Crippen LogP contribution in [0.2, 0.25) is 0 Å². The van der Waals surface area contributed by atoms with E-state index in [9.17, 15) is 18.0 Å². The number of pyridine rings is 2. The van der Waals surface area contributed by atoms with Gasteiger partial charge < -0.3 is 24.8 Å². The molecule has 1 aromatic carbocycles. The number of fused-ring (bicyclic) bond motifs is 1. The van der Waals surface area contributed by atoms with Crippen molar-refractivity contribution in [1.82, 2.24) is 24.2 Å². The SMILES string of the molecule is C=CCCCCCS(=O)(=O)n1cc(C)c2c(C(=O)NCc3c(OC)cc(C)[nH]c3=O)cc(-c3ccnc(N4CCN(C)CC4)c3)cc21. The Morgan fingerprint density at radius 3 is 2.57 bits per heavy atom. The zero-order chi connectivity index (χ0) is 33.7. The number of amides is 1. The maximum Gasteiger partial charge on any atom is 0.256 e. The summed E-state index contributed by atoms with van der Waals surface area (Å²) < 4.78 is 34.2. The van der Waals surface area contributed by atoms with Crippen LogP contribution in [-0.4, -0.2) is 79.3 Å². The third-order valence-corrected chi connectivity index (χ3v) is 10.4. The standard InChI is InChI=1S/C35H44N6O5S/c1-6-7-8-9-10-17-47(44,45)41-23-24(2)33-28(34(42)37-22-29-31(46-5)18-25(3)38-35(29)43)19-27(20-30(33)41)26-11-12-36-32(21-26)40-15-13-39(4)14-16-40/h6,11-12,18-21,23H,1,7-10,13-17,22H2,2-5H3,(H,37,42)(H,38,43). The number of aromatic amines is 1. The zero-order valence-electron chi connectivity index (χ0n) is 27.6. The topological polar surface area (TPSA) is 130 Å². The van der Waals surface area contributed by atoms with Crippen molar-refractivity contribution in [2.75, 3.05) is 51.0 Å². The number of aryl methyl sites for hydroxylation is 2. The molecule has 47 heavy (non-hydrogen) atoms. The summed E-state index contributed by atoms with van der Waals surface area (Å²) in [6.07, 6.45) is 8.20. The number of allylic oxidation sites excluding steroid dienone is 1. The largest absolute Gasteiger partial charge is 0.496 e. The fourth-order valence-corrected chi connectivity index (χ4v) is 7.58. The van der Waals surface area contributed by atoms with Crippen LogP contribution >= 0.6 is 0 Å². The molecule has 0 spiro atoms. The quantitative estimate of drug-likeness (QED) is 0.157. The van der Waals surface area contributed by atoms with E-state index >= 15 is 0 Å². The van der Waals surface area contributed by atoms with Crippen molar-refractivity contribution in [3.05, 3.63) is 88.1 Å². The van der Waals surface area contributed by atoms with Crippen LogP contribution in [0.25, 0.3) is 22.0 Å². The average Bonchev–Trinajstić information content (AvgIpc) is 3.40. The van der Waals surface area contributed by atoms with E-state index in [1.807, 2.05) is 24.3 Å². The Morgan fingerprint density at radius 1 is 1.09 bits per heavy atom. The van der Waals surface area contributed by atoms with E-state index in [2.05, 4.69) is 38.7 Å². The predicted octanol–water partition coefficient (Wildman–Crippen LogP) is 4.62. The monoisotopic (exact) mass is 660 g/mol. The molecule has 5 rings (SSSR count). The van der Waals surface area contributed by atoms with Gasteiger partial charge in [-0.05, 0) is 87.2 Å². The third kappa shape index (κ3) is 7.60. The minimum absolute atomic E-state index is 0.0159. The Labute approximate surface area is 276 Å². The van der Waals surface area contributed by atoms with Gasteiger partial charge in [-0.1, -0.05) is 12.5 Å². The molecule has 11 nitrogen and oxygen atoms in total. The van der Waals surface area contributed by atoms with Crippen LogP contribution in [0.3, 0.4) is 0 Å². The second kappa shape index (κ2) is 14.6. The summed E-state index contributed by atoms with van der Waals surface area (Å²) in [4.78, 5) is 38.6. The Balaban J connectivity index is 1.57. The molecule has 2 N–H and O–H groups in total. The predicted molar refractivity (Wildman–Crippen MR) is 187 cm³/mol. The molecule has 1 aliphatic heterocycles. The van der Waals surface area contributed by atoms with Gasteiger partial charge in [0, 0.05) is 55.2 Å². The van der Waals surface area contributed by atoms with Crippen LogP contribution in [-0.2, 0) is 16.6 Å². The van der Waals surface area contributed by atoms with Crippen molar-refractivity contribution in [1.29, 1.82) is 0 Å². The number of rotatable bonds is 13. The van der Waals surface area contributed by atoms with E-state index in [4.69, 9.17) is 4.74 Å². The van der Waals surface area contributed by atoms with Crippen molar-refractivity contribution in [3.63, 3.8) is 0 Å². The van der Waals surface area contributed by atoms with Gasteiger partial charge in [-0.25, -0.2) is 17.4 Å². The molecule has 1 amide bonds. The second-order valence-electron chi connectivity index (χ2n) is 12.2. The van der Waals surface area contributed by atoms with E-state index in [-0.39, 0.29) is 23.4 Å². The maximum absolute atomic E-state index is 14.0. The van der Waals surface area contributed by atoms with Crippen molar-refractivity contribution in [2.24, 2.45) is 0 Å². The van der Waals surface area contributed by atoms with E-state index in [1.54, 1.807) is 38.4 Å². The number of nitrogens with zero attached hydrogens (tertiary/aromatic N) is 4. The lowest BCUT2D eigenvalue weighted by molar-refractivity contribution is 0.0952. The average molecular weight is 661 g/mol. The third-order valence-electron chi connectivity index (χ3n) is 8.70. The van der Waals surface area contributed by atoms with Crippen molar-refractivity contribution in [3.8, 4) is 16.9 Å². The van der Waals surface area contributed by atoms with Crippen molar-refractivity contribution >= 4 is 32.7 Å². The summed E-state index contributed by atoms with van der Waals surface area (Å²) in [5.74, 6) is 0.749. The summed E-state index contributed by atoms with van der Waals surface area (Å²) in [6, 6.07) is 9.18. The van der Waals surface area contributed by atoms with E-state index in [0.29, 0.717) is 45.5 Å². The highest BCUT2D eigenvalue weighted by Crippen LogP contribution is 2.33. The van der Waals surface area contributed by atoms with Gasteiger partial charge in [0.1, 0.15) is 11.6 Å². The molecular weight excluding hydrogens is 616 g/mol. The molecule has 4 heterocycles. The molecule has 250 valence electrons. The fourth-order valence-electron chi connectivity index (χ4n) is 6.06. The molecule has 1 aliphatic rings. The Hall–Kier alpha value is -4.42. The van der Waals surface area contributed by atoms with Gasteiger partial charge in [0.05, 0.1) is 30.5 Å². The number of methoxy groups -OCH3 is 1. The first-order valence-corrected chi connectivity index (χ1v) is 17.6. The number of carbonyl (C=O) groups excluding carboxylic acids is 1. The molecule has 3 aromatic heterocycles. The number of aromatic nitrogens is 3. The molecule has 1 saturated heterocycles. The smallest absolute Gasteiger partial charge is 0.256 e. The van der Waals surface area contributed by atoms with Crippen molar-refractivity contribution < 1.29 is 17.9 Å². The van der Waals surface area contributed by atoms with E-state index in [1.165, 1.54) is 11.1 Å². The number of anilines is 1. The fraction of sp³-hybridized carbons (Fsp3) is 0.400. The maximum atomic E-state index is 14.0. The number of hydrogen-bond acceptors (Lipinski definition) is 8. The summed E-state index contributed by atoms with van der Waals surface area (Å²) in [6.45, 7) is 10.8. The van der Waals surface area contributed by atoms with Crippen LogP contribution in [0.15, 0.2) is 60.2 Å². The molecule has 0 bridgehead atoms. The van der Waals surface area contributed by atoms with E-state index in [0.717, 1.165) is 56.8 Å². The summed E-state index contributed by atoms with van der Waals surface area (Å²) >= 11 is 0. The number of likely N-dealkylation sites (N-methyl/N-ethyl adjacent to an activating group) is 1. The molecule has 0 aliphatic carbocycles. The molecule has 0 atom stereocenters. The minimum Gasteiger partial charge on any atom is -0.496 e. The van der Waals surface area contributed by atoms with Gasteiger partial charge in [0.25, 0.3) is 11.5 Å². The van der Waals surface area contributed by atoms with Crippen LogP contribution in [0, 0.1) is 13.8 Å². The van der Waals surface area contributed by atoms with Gasteiger partial charge in [-0.3, -0.25) is 9.59 Å². The lowest BCUT2D eigenvalue weighted by Gasteiger charge is -2.33. The van der Waals surface area contributed by atoms with Gasteiger partial charge in [0.15, 0.2) is 0 Å². The minimum atomic E-state index is -3.73. The van der Waals surface area contributed by atoms with Gasteiger partial charge in [-0.15, -0.1) is 6.58 Å². The van der Waals surface area contributed by atoms with Gasteiger partial charge >= 0.3 is 0 Å². The summed E-state index contributed by atoms with van der Waals surface area (Å²) in [5.41, 5.74) is 3.49. The van der Waals surface area contributed by atoms with Gasteiger partial charge in [0.2, 0.25) is 10.0 Å². The van der Waals surface area contributed by atoms with Crippen LogP contribution in [0.4, 0.5) is 5.82 Å². The normalized spacial score (nSPS) is 14.0. The molecule has 0 saturated carbocycles. The first-order chi connectivity index (χ1) is 22.5. The number of benzene rings is 1. The second-order valence-corrected chi connectivity index (χ2v) is 14.1. The molecule has 12 heteroatoms. The first-order valence-electron chi connectivity index (χ1n) is 16.0. The number of nitrogens with one attached hydrogen (secondary N) is 2. The summed E-state index contributed by atoms with van der Waals surface area (Å²) in [7, 11) is -0.154. The molecule has 4 aromatic rings. The Morgan fingerprint density at radius 2 is 1.85 bits per heavy atom. The summed E-state index contributed by atoms with van der Waals surface area (Å²) in [5, 5.41) is 3.43. The number of ether oxygens (including phenoxy) is 1. The number of carbonyl (C=O) groups is 1. The van der Waals surface area contributed by atoms with Crippen molar-refractivity contribution in [2.45, 2.75) is 46.1 Å². The highest BCUT2D eigenvalue weighted by atomic mass is 32.2. The van der Waals surface area contributed by atoms with Gasteiger partial charge in [-0.2, -0.15) is 0 Å². The molecular formula is C35H44N6O5S. The number of piperazine rings is 1. The first kappa shape index (κ1) is 33.9. The lowest BCUT2D eigenvalue weighted by Crippen LogP contribution is -2.44. The van der Waals surface area contributed by atoms with Crippen LogP contribution in [0.5, 0.6) is 5.75 Å².